The number of nitrogens with zero attached hydrogens (tertiary/aromatic N) is 2. The third kappa shape index (κ3) is 8.13. The monoisotopic (exact) mass is 648 g/mol. The summed E-state index contributed by atoms with van der Waals surface area (Å²) in [5.74, 6) is -3.06. The lowest BCUT2D eigenvalue weighted by molar-refractivity contribution is -0.274. The Morgan fingerprint density at radius 1 is 1.16 bits per heavy atom. The number of ether oxygens (including phenoxy) is 1. The SMILES string of the molecule is CCC[C@H](NC(=O)[C@@H]1C[C@]2(CC(c3cccc(Cl)c3)=NO2)CN1C(=O)Cc1ccc(OC(F)(F)F)cc1)C(=O)C(=O)NC1CC1. The molecule has 5 rings (SSSR count). The fraction of sp³-hybridized carbons (Fsp3) is 0.452. The number of alkyl halides is 3. The van der Waals surface area contributed by atoms with Crippen LogP contribution in [0.1, 0.15) is 56.6 Å². The van der Waals surface area contributed by atoms with Gasteiger partial charge in [0.25, 0.3) is 5.91 Å². The van der Waals surface area contributed by atoms with Gasteiger partial charge in [0.1, 0.15) is 11.8 Å². The molecule has 0 aromatic heterocycles. The van der Waals surface area contributed by atoms with Crippen molar-refractivity contribution >= 4 is 40.8 Å². The maximum atomic E-state index is 13.8. The van der Waals surface area contributed by atoms with E-state index in [1.54, 1.807) is 18.2 Å². The number of benzene rings is 2. The van der Waals surface area contributed by atoms with Crippen molar-refractivity contribution < 1.29 is 41.9 Å². The van der Waals surface area contributed by atoms with Crippen LogP contribution in [0.3, 0.4) is 0 Å². The van der Waals surface area contributed by atoms with Gasteiger partial charge in [0.05, 0.1) is 24.7 Å². The van der Waals surface area contributed by atoms with Crippen molar-refractivity contribution in [2.75, 3.05) is 6.54 Å². The van der Waals surface area contributed by atoms with Crippen molar-refractivity contribution in [3.8, 4) is 5.75 Å². The topological polar surface area (TPSA) is 126 Å². The Hall–Kier alpha value is -4.13. The Bertz CT molecular complexity index is 1500. The summed E-state index contributed by atoms with van der Waals surface area (Å²) in [6, 6.07) is 9.70. The summed E-state index contributed by atoms with van der Waals surface area (Å²) in [5.41, 5.74) is 0.657. The second-order valence-electron chi connectivity index (χ2n) is 11.6. The van der Waals surface area contributed by atoms with E-state index in [-0.39, 0.29) is 38.3 Å². The second-order valence-corrected chi connectivity index (χ2v) is 12.0. The normalized spacial score (nSPS) is 21.6. The molecule has 2 N–H and O–H groups in total. The van der Waals surface area contributed by atoms with Crippen LogP contribution in [0.4, 0.5) is 13.2 Å². The molecular formula is C31H32ClF3N4O6. The molecule has 240 valence electrons. The fourth-order valence-corrected chi connectivity index (χ4v) is 5.73. The number of rotatable bonds is 11. The van der Waals surface area contributed by atoms with Crippen LogP contribution in [0.2, 0.25) is 5.02 Å². The maximum Gasteiger partial charge on any atom is 0.573 e. The summed E-state index contributed by atoms with van der Waals surface area (Å²) < 4.78 is 41.6. The van der Waals surface area contributed by atoms with E-state index >= 15 is 0 Å². The lowest BCUT2D eigenvalue weighted by Crippen LogP contribution is -2.53. The summed E-state index contributed by atoms with van der Waals surface area (Å²) in [6.07, 6.45) is -2.44. The molecule has 0 unspecified atom stereocenters. The van der Waals surface area contributed by atoms with Crippen molar-refractivity contribution in [2.24, 2.45) is 5.16 Å². The predicted octanol–water partition coefficient (Wildman–Crippen LogP) is 4.08. The second kappa shape index (κ2) is 13.1. The molecule has 1 saturated carbocycles. The minimum Gasteiger partial charge on any atom is -0.406 e. The van der Waals surface area contributed by atoms with Crippen molar-refractivity contribution in [3.63, 3.8) is 0 Å². The van der Waals surface area contributed by atoms with E-state index in [1.165, 1.54) is 17.0 Å². The average Bonchev–Trinajstić information content (AvgIpc) is 3.57. The largest absolute Gasteiger partial charge is 0.573 e. The van der Waals surface area contributed by atoms with Crippen LogP contribution in [0.5, 0.6) is 5.75 Å². The molecular weight excluding hydrogens is 617 g/mol. The molecule has 10 nitrogen and oxygen atoms in total. The molecule has 3 aliphatic rings. The van der Waals surface area contributed by atoms with Crippen LogP contribution < -0.4 is 15.4 Å². The molecule has 1 saturated heterocycles. The van der Waals surface area contributed by atoms with Gasteiger partial charge in [-0.2, -0.15) is 0 Å². The lowest BCUT2D eigenvalue weighted by Gasteiger charge is -2.26. The fourth-order valence-electron chi connectivity index (χ4n) is 5.54. The van der Waals surface area contributed by atoms with Crippen LogP contribution in [-0.4, -0.2) is 70.8 Å². The zero-order chi connectivity index (χ0) is 32.4. The first-order chi connectivity index (χ1) is 21.3. The van der Waals surface area contributed by atoms with Crippen molar-refractivity contribution in [3.05, 3.63) is 64.7 Å². The summed E-state index contributed by atoms with van der Waals surface area (Å²) in [5, 5.41) is 10.1. The molecule has 3 atom stereocenters. The van der Waals surface area contributed by atoms with Gasteiger partial charge in [-0.05, 0) is 49.1 Å². The molecule has 45 heavy (non-hydrogen) atoms. The molecule has 2 aliphatic heterocycles. The Kier molecular flexibility index (Phi) is 9.38. The van der Waals surface area contributed by atoms with E-state index in [0.717, 1.165) is 30.5 Å². The molecule has 2 heterocycles. The van der Waals surface area contributed by atoms with Gasteiger partial charge in [-0.15, -0.1) is 13.2 Å². The summed E-state index contributed by atoms with van der Waals surface area (Å²) in [4.78, 5) is 60.1. The van der Waals surface area contributed by atoms with Crippen LogP contribution in [0.15, 0.2) is 53.7 Å². The third-order valence-electron chi connectivity index (χ3n) is 7.88. The van der Waals surface area contributed by atoms with E-state index < -0.39 is 53.3 Å². The Morgan fingerprint density at radius 2 is 1.89 bits per heavy atom. The number of ketones is 1. The predicted molar refractivity (Wildman–Crippen MR) is 156 cm³/mol. The minimum absolute atomic E-state index is 0.0126. The standard InChI is InChI=1S/C31H32ClF3N4O6/c1-2-4-23(27(41)29(43)36-21-9-10-21)37-28(42)25-16-30(15-24(38-45-30)19-5-3-6-20(32)14-19)17-39(25)26(40)13-18-7-11-22(12-8-18)44-31(33,34)35/h3,5-8,11-12,14,21,23,25H,2,4,9-10,13,15-17H2,1H3,(H,36,43)(H,37,42)/t23-,25-,30+/m0/s1. The summed E-state index contributed by atoms with van der Waals surface area (Å²) in [7, 11) is 0. The number of hydrogen-bond acceptors (Lipinski definition) is 7. The van der Waals surface area contributed by atoms with E-state index in [2.05, 4.69) is 20.5 Å². The van der Waals surface area contributed by atoms with Crippen molar-refractivity contribution in [2.45, 2.75) is 82.0 Å². The van der Waals surface area contributed by atoms with Crippen LogP contribution in [-0.2, 0) is 30.4 Å². The molecule has 0 radical (unpaired) electrons. The van der Waals surface area contributed by atoms with Crippen LogP contribution >= 0.6 is 11.6 Å². The van der Waals surface area contributed by atoms with Crippen LogP contribution in [0.25, 0.3) is 0 Å². The minimum atomic E-state index is -4.86. The molecule has 14 heteroatoms. The number of Topliss-reactive ketones (excluding diaryl/α,β-unsaturated/α-hetero) is 1. The third-order valence-corrected chi connectivity index (χ3v) is 8.11. The molecule has 0 bridgehead atoms. The Morgan fingerprint density at radius 3 is 2.53 bits per heavy atom. The molecule has 2 aromatic carbocycles. The number of nitrogens with one attached hydrogen (secondary N) is 2. The number of carbonyl (C=O) groups excluding carboxylic acids is 4. The summed E-state index contributed by atoms with van der Waals surface area (Å²) in [6.45, 7) is 1.80. The van der Waals surface area contributed by atoms with Gasteiger partial charge < -0.3 is 25.1 Å². The van der Waals surface area contributed by atoms with Crippen molar-refractivity contribution in [1.29, 1.82) is 0 Å². The maximum absolute atomic E-state index is 13.8. The molecule has 3 amide bonds. The van der Waals surface area contributed by atoms with Gasteiger partial charge in [-0.1, -0.05) is 54.4 Å². The first-order valence-electron chi connectivity index (χ1n) is 14.6. The molecule has 2 fully saturated rings. The lowest BCUT2D eigenvalue weighted by atomic mass is 9.91. The van der Waals surface area contributed by atoms with E-state index in [0.29, 0.717) is 22.7 Å². The highest BCUT2D eigenvalue weighted by Crippen LogP contribution is 2.39. The zero-order valence-corrected chi connectivity index (χ0v) is 25.1. The van der Waals surface area contributed by atoms with Gasteiger partial charge in [-0.25, -0.2) is 0 Å². The van der Waals surface area contributed by atoms with Gasteiger partial charge in [-0.3, -0.25) is 19.2 Å². The van der Waals surface area contributed by atoms with E-state index in [4.69, 9.17) is 16.4 Å². The summed E-state index contributed by atoms with van der Waals surface area (Å²) >= 11 is 6.15. The van der Waals surface area contributed by atoms with Gasteiger partial charge in [0.15, 0.2) is 5.60 Å². The highest BCUT2D eigenvalue weighted by Gasteiger charge is 2.54. The number of carbonyl (C=O) groups is 4. The zero-order valence-electron chi connectivity index (χ0n) is 24.4. The number of amides is 3. The van der Waals surface area contributed by atoms with E-state index in [9.17, 15) is 32.3 Å². The highest BCUT2D eigenvalue weighted by atomic mass is 35.5. The number of likely N-dealkylation sites (tertiary alicyclic amines) is 1. The first kappa shape index (κ1) is 32.3. The Balaban J connectivity index is 1.34. The first-order valence-corrected chi connectivity index (χ1v) is 15.0. The van der Waals surface area contributed by atoms with E-state index in [1.807, 2.05) is 13.0 Å². The number of halogens is 4. The van der Waals surface area contributed by atoms with Gasteiger partial charge in [0.2, 0.25) is 17.6 Å². The quantitative estimate of drug-likeness (QED) is 0.354. The molecule has 1 spiro atoms. The molecule has 2 aromatic rings. The average molecular weight is 649 g/mol. The number of oxime groups is 1. The molecule has 1 aliphatic carbocycles. The van der Waals surface area contributed by atoms with Crippen LogP contribution in [0, 0.1) is 0 Å². The Labute approximate surface area is 262 Å². The van der Waals surface area contributed by atoms with Crippen molar-refractivity contribution in [1.82, 2.24) is 15.5 Å². The highest BCUT2D eigenvalue weighted by molar-refractivity contribution is 6.38. The number of hydrogen-bond donors (Lipinski definition) is 2. The smallest absolute Gasteiger partial charge is 0.406 e. The van der Waals surface area contributed by atoms with Gasteiger partial charge >= 0.3 is 6.36 Å². The van der Waals surface area contributed by atoms with Gasteiger partial charge in [0, 0.05) is 29.5 Å².